The number of nitrogens with zero attached hydrogens (tertiary/aromatic N) is 3. The summed E-state index contributed by atoms with van der Waals surface area (Å²) in [6.45, 7) is 10.8. The van der Waals surface area contributed by atoms with Crippen LogP contribution in [0.2, 0.25) is 5.15 Å². The Hall–Kier alpha value is -0.830. The molecule has 1 fully saturated rings. The summed E-state index contributed by atoms with van der Waals surface area (Å²) in [5, 5.41) is 8.83. The molecule has 2 heterocycles. The van der Waals surface area contributed by atoms with Gasteiger partial charge in [0.1, 0.15) is 0 Å². The Balaban J connectivity index is 2.31. The van der Waals surface area contributed by atoms with Gasteiger partial charge < -0.3 is 4.90 Å². The van der Waals surface area contributed by atoms with Crippen LogP contribution in [0.25, 0.3) is 0 Å². The molecule has 1 aliphatic rings. The standard InChI is InChI=1S/C13H20ClN3/c1-8-5-9(2)7-17(6-8)13-11(4)10(3)12(14)15-16-13/h8-9H,5-7H2,1-4H3. The summed E-state index contributed by atoms with van der Waals surface area (Å²) in [4.78, 5) is 2.35. The van der Waals surface area contributed by atoms with E-state index in [0.717, 1.165) is 41.9 Å². The summed E-state index contributed by atoms with van der Waals surface area (Å²) >= 11 is 5.99. The van der Waals surface area contributed by atoms with Gasteiger partial charge in [0.25, 0.3) is 0 Å². The number of rotatable bonds is 1. The van der Waals surface area contributed by atoms with Crippen LogP contribution in [-0.4, -0.2) is 23.3 Å². The number of hydrogen-bond donors (Lipinski definition) is 0. The Morgan fingerprint density at radius 3 is 2.24 bits per heavy atom. The zero-order valence-electron chi connectivity index (χ0n) is 11.0. The van der Waals surface area contributed by atoms with Crippen LogP contribution in [0.1, 0.15) is 31.4 Å². The van der Waals surface area contributed by atoms with E-state index in [9.17, 15) is 0 Å². The zero-order valence-corrected chi connectivity index (χ0v) is 11.8. The first-order valence-corrected chi connectivity index (χ1v) is 6.61. The number of hydrogen-bond acceptors (Lipinski definition) is 3. The number of anilines is 1. The normalized spacial score (nSPS) is 25.1. The molecular weight excluding hydrogens is 234 g/mol. The van der Waals surface area contributed by atoms with Gasteiger partial charge in [-0.25, -0.2) is 0 Å². The van der Waals surface area contributed by atoms with Crippen molar-refractivity contribution in [3.8, 4) is 0 Å². The molecule has 1 aromatic rings. The van der Waals surface area contributed by atoms with Crippen LogP contribution in [0.15, 0.2) is 0 Å². The zero-order chi connectivity index (χ0) is 12.6. The van der Waals surface area contributed by atoms with E-state index in [1.807, 2.05) is 6.92 Å². The maximum atomic E-state index is 5.99. The molecule has 4 heteroatoms. The van der Waals surface area contributed by atoms with Crippen LogP contribution < -0.4 is 4.90 Å². The predicted octanol–water partition coefficient (Wildman–Crippen LogP) is 3.23. The monoisotopic (exact) mass is 253 g/mol. The summed E-state index contributed by atoms with van der Waals surface area (Å²) in [7, 11) is 0. The third-order valence-electron chi connectivity index (χ3n) is 3.61. The molecule has 17 heavy (non-hydrogen) atoms. The summed E-state index contributed by atoms with van der Waals surface area (Å²) in [5.74, 6) is 2.44. The maximum Gasteiger partial charge on any atom is 0.155 e. The first-order chi connectivity index (χ1) is 7.99. The van der Waals surface area contributed by atoms with Crippen molar-refractivity contribution in [2.24, 2.45) is 11.8 Å². The Morgan fingerprint density at radius 2 is 1.65 bits per heavy atom. The minimum absolute atomic E-state index is 0.518. The van der Waals surface area contributed by atoms with E-state index >= 15 is 0 Å². The van der Waals surface area contributed by atoms with Crippen LogP contribution in [0.5, 0.6) is 0 Å². The minimum Gasteiger partial charge on any atom is -0.354 e. The fraction of sp³-hybridized carbons (Fsp3) is 0.692. The van der Waals surface area contributed by atoms with E-state index in [0.29, 0.717) is 5.15 Å². The highest BCUT2D eigenvalue weighted by molar-refractivity contribution is 6.30. The third kappa shape index (κ3) is 2.54. The summed E-state index contributed by atoms with van der Waals surface area (Å²) < 4.78 is 0. The average Bonchev–Trinajstić information content (AvgIpc) is 2.24. The van der Waals surface area contributed by atoms with Gasteiger partial charge in [-0.15, -0.1) is 10.2 Å². The molecule has 0 aliphatic carbocycles. The second-order valence-corrected chi connectivity index (χ2v) is 5.77. The summed E-state index contributed by atoms with van der Waals surface area (Å²) in [5.41, 5.74) is 2.20. The van der Waals surface area contributed by atoms with E-state index < -0.39 is 0 Å². The molecule has 1 saturated heterocycles. The molecule has 0 bridgehead atoms. The van der Waals surface area contributed by atoms with Crippen molar-refractivity contribution in [3.05, 3.63) is 16.3 Å². The largest absolute Gasteiger partial charge is 0.354 e. The van der Waals surface area contributed by atoms with Crippen LogP contribution in [0.3, 0.4) is 0 Å². The summed E-state index contributed by atoms with van der Waals surface area (Å²) in [6.07, 6.45) is 1.30. The van der Waals surface area contributed by atoms with E-state index in [1.54, 1.807) is 0 Å². The Bertz CT molecular complexity index is 409. The smallest absolute Gasteiger partial charge is 0.155 e. The lowest BCUT2D eigenvalue weighted by molar-refractivity contribution is 0.354. The maximum absolute atomic E-state index is 5.99. The van der Waals surface area contributed by atoms with E-state index in [-0.39, 0.29) is 0 Å². The van der Waals surface area contributed by atoms with E-state index in [4.69, 9.17) is 11.6 Å². The van der Waals surface area contributed by atoms with Crippen molar-refractivity contribution in [1.29, 1.82) is 0 Å². The van der Waals surface area contributed by atoms with Crippen molar-refractivity contribution in [2.45, 2.75) is 34.1 Å². The Labute approximate surface area is 108 Å². The number of halogens is 1. The van der Waals surface area contributed by atoms with Gasteiger partial charge in [-0.3, -0.25) is 0 Å². The predicted molar refractivity (Wildman–Crippen MR) is 71.7 cm³/mol. The first kappa shape index (κ1) is 12.6. The van der Waals surface area contributed by atoms with Crippen LogP contribution in [0, 0.1) is 25.7 Å². The van der Waals surface area contributed by atoms with Gasteiger partial charge in [0, 0.05) is 13.1 Å². The first-order valence-electron chi connectivity index (χ1n) is 6.23. The van der Waals surface area contributed by atoms with Gasteiger partial charge in [0.05, 0.1) is 0 Å². The second-order valence-electron chi connectivity index (χ2n) is 5.42. The van der Waals surface area contributed by atoms with Crippen molar-refractivity contribution < 1.29 is 0 Å². The highest BCUT2D eigenvalue weighted by Gasteiger charge is 2.24. The molecule has 2 rings (SSSR count). The molecule has 0 N–H and O–H groups in total. The van der Waals surface area contributed by atoms with Crippen LogP contribution in [-0.2, 0) is 0 Å². The van der Waals surface area contributed by atoms with Gasteiger partial charge >= 0.3 is 0 Å². The van der Waals surface area contributed by atoms with E-state index in [1.165, 1.54) is 6.42 Å². The second kappa shape index (κ2) is 4.81. The summed E-state index contributed by atoms with van der Waals surface area (Å²) in [6, 6.07) is 0. The lowest BCUT2D eigenvalue weighted by atomic mass is 9.91. The molecule has 94 valence electrons. The molecule has 0 radical (unpaired) electrons. The van der Waals surface area contributed by atoms with Gasteiger partial charge in [0.2, 0.25) is 0 Å². The third-order valence-corrected chi connectivity index (χ3v) is 3.97. The highest BCUT2D eigenvalue weighted by Crippen LogP contribution is 2.29. The van der Waals surface area contributed by atoms with Crippen LogP contribution >= 0.6 is 11.6 Å². The van der Waals surface area contributed by atoms with Gasteiger partial charge in [-0.2, -0.15) is 0 Å². The molecule has 0 spiro atoms. The number of aromatic nitrogens is 2. The number of piperidine rings is 1. The molecule has 0 amide bonds. The van der Waals surface area contributed by atoms with Gasteiger partial charge in [0.15, 0.2) is 11.0 Å². The molecule has 3 nitrogen and oxygen atoms in total. The molecule has 2 atom stereocenters. The fourth-order valence-electron chi connectivity index (χ4n) is 2.70. The van der Waals surface area contributed by atoms with Gasteiger partial charge in [-0.05, 0) is 43.2 Å². The molecule has 1 aromatic heterocycles. The van der Waals surface area contributed by atoms with Crippen molar-refractivity contribution >= 4 is 17.4 Å². The van der Waals surface area contributed by atoms with Crippen molar-refractivity contribution in [1.82, 2.24) is 10.2 Å². The average molecular weight is 254 g/mol. The topological polar surface area (TPSA) is 29.0 Å². The fourth-order valence-corrected chi connectivity index (χ4v) is 2.88. The Kier molecular flexibility index (Phi) is 3.57. The molecule has 2 unspecified atom stereocenters. The lowest BCUT2D eigenvalue weighted by Crippen LogP contribution is -2.39. The Morgan fingerprint density at radius 1 is 1.06 bits per heavy atom. The quantitative estimate of drug-likeness (QED) is 0.770. The minimum atomic E-state index is 0.518. The molecule has 0 aromatic carbocycles. The van der Waals surface area contributed by atoms with E-state index in [2.05, 4.69) is 35.9 Å². The SMILES string of the molecule is Cc1c(Cl)nnc(N2CC(C)CC(C)C2)c1C. The van der Waals surface area contributed by atoms with Gasteiger partial charge in [-0.1, -0.05) is 25.4 Å². The van der Waals surface area contributed by atoms with Crippen molar-refractivity contribution in [2.75, 3.05) is 18.0 Å². The molecule has 1 aliphatic heterocycles. The molecular formula is C13H20ClN3. The lowest BCUT2D eigenvalue weighted by Gasteiger charge is -2.36. The highest BCUT2D eigenvalue weighted by atomic mass is 35.5. The van der Waals surface area contributed by atoms with Crippen molar-refractivity contribution in [3.63, 3.8) is 0 Å². The molecule has 0 saturated carbocycles. The van der Waals surface area contributed by atoms with Crippen LogP contribution in [0.4, 0.5) is 5.82 Å².